The maximum Gasteiger partial charge on any atom is 0.246 e. The van der Waals surface area contributed by atoms with Crippen molar-refractivity contribution in [3.63, 3.8) is 0 Å². The molecule has 0 aliphatic heterocycles. The first-order valence-corrected chi connectivity index (χ1v) is 9.46. The first-order chi connectivity index (χ1) is 11.3. The van der Waals surface area contributed by atoms with E-state index < -0.39 is 22.2 Å². The Kier molecular flexibility index (Phi) is 4.65. The van der Waals surface area contributed by atoms with E-state index in [0.29, 0.717) is 24.2 Å². The molecule has 1 atom stereocenters. The standard InChI is InChI=1S/C15H19ClN4O3S/c1-9-14(15(16)20(2)18-9)24(22,23)19-13(10-7-11(21)8-10)12-5-3-4-6-17-12/h3-6,10-11,13,19,21H,7-8H2,1-2H3/t10?,11?,13-/m0/s1. The van der Waals surface area contributed by atoms with E-state index in [0.717, 1.165) is 0 Å². The molecule has 1 aliphatic carbocycles. The van der Waals surface area contributed by atoms with Crippen LogP contribution in [-0.2, 0) is 17.1 Å². The van der Waals surface area contributed by atoms with Gasteiger partial charge in [-0.05, 0) is 37.8 Å². The van der Waals surface area contributed by atoms with Gasteiger partial charge in [-0.1, -0.05) is 17.7 Å². The van der Waals surface area contributed by atoms with E-state index >= 15 is 0 Å². The number of aryl methyl sites for hydroxylation is 2. The average Bonchev–Trinajstić information content (AvgIpc) is 2.76. The second kappa shape index (κ2) is 6.44. The van der Waals surface area contributed by atoms with E-state index in [1.54, 1.807) is 38.4 Å². The highest BCUT2D eigenvalue weighted by atomic mass is 35.5. The maximum atomic E-state index is 12.9. The Balaban J connectivity index is 1.95. The number of hydrogen-bond acceptors (Lipinski definition) is 5. The van der Waals surface area contributed by atoms with Crippen molar-refractivity contribution >= 4 is 21.6 Å². The Labute approximate surface area is 145 Å². The summed E-state index contributed by atoms with van der Waals surface area (Å²) >= 11 is 6.10. The van der Waals surface area contributed by atoms with Crippen LogP contribution in [-0.4, -0.2) is 34.4 Å². The summed E-state index contributed by atoms with van der Waals surface area (Å²) in [7, 11) is -2.28. The van der Waals surface area contributed by atoms with Crippen molar-refractivity contribution in [3.05, 3.63) is 40.9 Å². The third-order valence-corrected chi connectivity index (χ3v) is 6.41. The third-order valence-electron chi connectivity index (χ3n) is 4.28. The predicted molar refractivity (Wildman–Crippen MR) is 89.0 cm³/mol. The van der Waals surface area contributed by atoms with Crippen LogP contribution in [0.4, 0.5) is 0 Å². The summed E-state index contributed by atoms with van der Waals surface area (Å²) in [5.74, 6) is -0.0135. The minimum absolute atomic E-state index is 0.0135. The molecular formula is C15H19ClN4O3S. The van der Waals surface area contributed by atoms with Gasteiger partial charge in [0.25, 0.3) is 0 Å². The van der Waals surface area contributed by atoms with Gasteiger partial charge < -0.3 is 5.11 Å². The highest BCUT2D eigenvalue weighted by Gasteiger charge is 2.39. The van der Waals surface area contributed by atoms with E-state index in [1.165, 1.54) is 4.68 Å². The number of sulfonamides is 1. The van der Waals surface area contributed by atoms with Gasteiger partial charge in [-0.3, -0.25) is 9.67 Å². The van der Waals surface area contributed by atoms with E-state index in [2.05, 4.69) is 14.8 Å². The fraction of sp³-hybridized carbons (Fsp3) is 0.467. The molecule has 0 bridgehead atoms. The normalized spacial score (nSPS) is 22.2. The molecule has 2 aromatic rings. The van der Waals surface area contributed by atoms with Crippen LogP contribution in [0.25, 0.3) is 0 Å². The summed E-state index contributed by atoms with van der Waals surface area (Å²) in [5.41, 5.74) is 0.957. The number of rotatable bonds is 5. The number of nitrogens with zero attached hydrogens (tertiary/aromatic N) is 3. The summed E-state index contributed by atoms with van der Waals surface area (Å²) in [5, 5.41) is 13.7. The topological polar surface area (TPSA) is 97.1 Å². The van der Waals surface area contributed by atoms with Crippen molar-refractivity contribution in [2.45, 2.75) is 36.8 Å². The van der Waals surface area contributed by atoms with Crippen molar-refractivity contribution < 1.29 is 13.5 Å². The minimum Gasteiger partial charge on any atom is -0.393 e. The molecule has 2 heterocycles. The summed E-state index contributed by atoms with van der Waals surface area (Å²) in [6, 6.07) is 4.83. The summed E-state index contributed by atoms with van der Waals surface area (Å²) in [6.07, 6.45) is 2.29. The minimum atomic E-state index is -3.87. The highest BCUT2D eigenvalue weighted by Crippen LogP contribution is 2.38. The molecular weight excluding hydrogens is 352 g/mol. The Morgan fingerprint density at radius 1 is 1.42 bits per heavy atom. The van der Waals surface area contributed by atoms with Gasteiger partial charge in [0.15, 0.2) is 0 Å². The van der Waals surface area contributed by atoms with Gasteiger partial charge in [0.05, 0.1) is 23.5 Å². The molecule has 7 nitrogen and oxygen atoms in total. The molecule has 0 spiro atoms. The van der Waals surface area contributed by atoms with E-state index in [1.807, 2.05) is 0 Å². The van der Waals surface area contributed by atoms with Crippen LogP contribution in [0.2, 0.25) is 5.15 Å². The molecule has 1 aliphatic rings. The first-order valence-electron chi connectivity index (χ1n) is 7.60. The second-order valence-corrected chi connectivity index (χ2v) is 8.08. The highest BCUT2D eigenvalue weighted by molar-refractivity contribution is 7.89. The van der Waals surface area contributed by atoms with E-state index in [4.69, 9.17) is 11.6 Å². The number of aliphatic hydroxyl groups is 1. The Morgan fingerprint density at radius 3 is 2.62 bits per heavy atom. The molecule has 0 radical (unpaired) electrons. The average molecular weight is 371 g/mol. The Hall–Kier alpha value is -1.48. The third kappa shape index (κ3) is 3.19. The number of pyridine rings is 1. The first kappa shape index (κ1) is 17.3. The summed E-state index contributed by atoms with van der Waals surface area (Å²) in [6.45, 7) is 1.60. The van der Waals surface area contributed by atoms with Crippen molar-refractivity contribution in [1.82, 2.24) is 19.5 Å². The molecule has 2 N–H and O–H groups in total. The fourth-order valence-electron chi connectivity index (χ4n) is 3.00. The number of halogens is 1. The molecule has 0 aromatic carbocycles. The van der Waals surface area contributed by atoms with E-state index in [-0.39, 0.29) is 16.0 Å². The lowest BCUT2D eigenvalue weighted by Gasteiger charge is -2.37. The van der Waals surface area contributed by atoms with Crippen LogP contribution in [0.5, 0.6) is 0 Å². The fourth-order valence-corrected chi connectivity index (χ4v) is 5.03. The molecule has 1 saturated carbocycles. The van der Waals surface area contributed by atoms with Crippen molar-refractivity contribution in [1.29, 1.82) is 0 Å². The lowest BCUT2D eigenvalue weighted by atomic mass is 9.76. The molecule has 2 aromatic heterocycles. The molecule has 9 heteroatoms. The van der Waals surface area contributed by atoms with Gasteiger partial charge in [-0.15, -0.1) is 0 Å². The lowest BCUT2D eigenvalue weighted by Crippen LogP contribution is -2.41. The Morgan fingerprint density at radius 2 is 2.12 bits per heavy atom. The second-order valence-electron chi connectivity index (χ2n) is 6.07. The smallest absolute Gasteiger partial charge is 0.246 e. The van der Waals surface area contributed by atoms with Crippen LogP contribution in [0.3, 0.4) is 0 Å². The van der Waals surface area contributed by atoms with Gasteiger partial charge in [-0.2, -0.15) is 5.10 Å². The van der Waals surface area contributed by atoms with Crippen molar-refractivity contribution in [3.8, 4) is 0 Å². The monoisotopic (exact) mass is 370 g/mol. The molecule has 130 valence electrons. The van der Waals surface area contributed by atoms with Crippen LogP contribution < -0.4 is 4.72 Å². The number of nitrogens with one attached hydrogen (secondary N) is 1. The molecule has 0 unspecified atom stereocenters. The zero-order chi connectivity index (χ0) is 17.5. The van der Waals surface area contributed by atoms with Gasteiger partial charge in [0.1, 0.15) is 10.0 Å². The molecule has 3 rings (SSSR count). The van der Waals surface area contributed by atoms with Gasteiger partial charge >= 0.3 is 0 Å². The van der Waals surface area contributed by atoms with Crippen LogP contribution in [0, 0.1) is 12.8 Å². The number of aliphatic hydroxyl groups excluding tert-OH is 1. The lowest BCUT2D eigenvalue weighted by molar-refractivity contribution is 0.0273. The van der Waals surface area contributed by atoms with E-state index in [9.17, 15) is 13.5 Å². The van der Waals surface area contributed by atoms with Gasteiger partial charge in [-0.25, -0.2) is 13.1 Å². The Bertz CT molecular complexity index is 832. The van der Waals surface area contributed by atoms with Crippen LogP contribution in [0.15, 0.2) is 29.3 Å². The van der Waals surface area contributed by atoms with Crippen LogP contribution in [0.1, 0.15) is 30.3 Å². The quantitative estimate of drug-likeness (QED) is 0.832. The molecule has 24 heavy (non-hydrogen) atoms. The summed E-state index contributed by atoms with van der Waals surface area (Å²) < 4.78 is 29.7. The zero-order valence-corrected chi connectivity index (χ0v) is 14.9. The van der Waals surface area contributed by atoms with Crippen molar-refractivity contribution in [2.75, 3.05) is 0 Å². The van der Waals surface area contributed by atoms with Gasteiger partial charge in [0.2, 0.25) is 10.0 Å². The largest absolute Gasteiger partial charge is 0.393 e. The molecule has 1 fully saturated rings. The number of aromatic nitrogens is 3. The molecule has 0 amide bonds. The van der Waals surface area contributed by atoms with Crippen LogP contribution >= 0.6 is 11.6 Å². The summed E-state index contributed by atoms with van der Waals surface area (Å²) in [4.78, 5) is 4.25. The van der Waals surface area contributed by atoms with Crippen molar-refractivity contribution in [2.24, 2.45) is 13.0 Å². The van der Waals surface area contributed by atoms with Gasteiger partial charge in [0, 0.05) is 13.2 Å². The maximum absolute atomic E-state index is 12.9. The predicted octanol–water partition coefficient (Wildman–Crippen LogP) is 1.57. The number of hydrogen-bond donors (Lipinski definition) is 2. The SMILES string of the molecule is Cc1nn(C)c(Cl)c1S(=O)(=O)N[C@H](c1ccccn1)C1CC(O)C1. The molecule has 0 saturated heterocycles. The zero-order valence-electron chi connectivity index (χ0n) is 13.3.